The molecular formula is C5H3Cl4N2+. The Balaban J connectivity index is 3.46. The first kappa shape index (κ1) is 9.20. The van der Waals surface area contributed by atoms with E-state index in [1.807, 2.05) is 0 Å². The number of hydrogen-bond acceptors (Lipinski definition) is 1. The summed E-state index contributed by atoms with van der Waals surface area (Å²) < 4.78 is 0. The summed E-state index contributed by atoms with van der Waals surface area (Å²) in [5, 5.41) is 0.722. The van der Waals surface area contributed by atoms with Gasteiger partial charge in [-0.1, -0.05) is 23.2 Å². The number of pyridine rings is 1. The van der Waals surface area contributed by atoms with Crippen molar-refractivity contribution in [2.45, 2.75) is 0 Å². The van der Waals surface area contributed by atoms with Crippen LogP contribution in [-0.2, 0) is 0 Å². The van der Waals surface area contributed by atoms with Gasteiger partial charge in [0.1, 0.15) is 10.0 Å². The van der Waals surface area contributed by atoms with Crippen LogP contribution in [-0.4, -0.2) is 0 Å². The van der Waals surface area contributed by atoms with E-state index in [1.165, 1.54) is 0 Å². The zero-order valence-electron chi connectivity index (χ0n) is 5.09. The van der Waals surface area contributed by atoms with E-state index in [1.54, 1.807) is 0 Å². The number of nitrogen functional groups attached to an aromatic ring is 1. The summed E-state index contributed by atoms with van der Waals surface area (Å²) in [5.41, 5.74) is 5.61. The number of nitrogens with two attached hydrogens (primary N) is 1. The summed E-state index contributed by atoms with van der Waals surface area (Å²) in [6.45, 7) is 0. The standard InChI is InChI=1S/C5H2Cl4N2/c6-1-3(10)2(7)5(9)11-4(1)8/h(H2,10,11)/p+1. The summed E-state index contributed by atoms with van der Waals surface area (Å²) in [4.78, 5) is 2.53. The number of anilines is 1. The molecule has 0 radical (unpaired) electrons. The molecule has 2 nitrogen and oxygen atoms in total. The van der Waals surface area contributed by atoms with E-state index in [0.717, 1.165) is 0 Å². The molecule has 11 heavy (non-hydrogen) atoms. The molecule has 6 heteroatoms. The van der Waals surface area contributed by atoms with E-state index in [-0.39, 0.29) is 26.0 Å². The normalized spacial score (nSPS) is 10.2. The van der Waals surface area contributed by atoms with Crippen LogP contribution in [0.5, 0.6) is 0 Å². The van der Waals surface area contributed by atoms with Crippen LogP contribution < -0.4 is 10.7 Å². The highest BCUT2D eigenvalue weighted by Gasteiger charge is 2.18. The number of aromatic nitrogens is 1. The summed E-state index contributed by atoms with van der Waals surface area (Å²) in [6, 6.07) is 0. The maximum absolute atomic E-state index is 5.62. The molecule has 3 N–H and O–H groups in total. The van der Waals surface area contributed by atoms with Gasteiger partial charge in [0.25, 0.3) is 10.3 Å². The first-order valence-corrected chi connectivity index (χ1v) is 4.06. The fourth-order valence-electron chi connectivity index (χ4n) is 0.539. The van der Waals surface area contributed by atoms with Crippen LogP contribution >= 0.6 is 46.4 Å². The Kier molecular flexibility index (Phi) is 2.70. The molecule has 0 bridgehead atoms. The summed E-state index contributed by atoms with van der Waals surface area (Å²) >= 11 is 22.4. The Morgan fingerprint density at radius 1 is 0.909 bits per heavy atom. The van der Waals surface area contributed by atoms with E-state index in [2.05, 4.69) is 4.98 Å². The molecule has 0 aliphatic carbocycles. The molecule has 0 fully saturated rings. The zero-order chi connectivity index (χ0) is 8.59. The molecule has 0 unspecified atom stereocenters. The van der Waals surface area contributed by atoms with Crippen LogP contribution in [0.2, 0.25) is 20.4 Å². The number of halogens is 4. The predicted octanol–water partition coefficient (Wildman–Crippen LogP) is 2.70. The van der Waals surface area contributed by atoms with E-state index >= 15 is 0 Å². The Labute approximate surface area is 83.2 Å². The molecule has 0 saturated carbocycles. The minimum Gasteiger partial charge on any atom is -0.396 e. The van der Waals surface area contributed by atoms with Gasteiger partial charge in [0.05, 0.1) is 5.69 Å². The Morgan fingerprint density at radius 2 is 1.27 bits per heavy atom. The maximum atomic E-state index is 5.62. The number of nitrogens with one attached hydrogen (secondary N) is 1. The molecule has 0 spiro atoms. The van der Waals surface area contributed by atoms with Gasteiger partial charge in [-0.05, 0) is 23.2 Å². The molecule has 1 rings (SSSR count). The first-order valence-electron chi connectivity index (χ1n) is 2.54. The van der Waals surface area contributed by atoms with Gasteiger partial charge in [0.15, 0.2) is 0 Å². The molecule has 0 aliphatic rings. The molecule has 0 aromatic carbocycles. The Morgan fingerprint density at radius 3 is 1.64 bits per heavy atom. The van der Waals surface area contributed by atoms with Crippen LogP contribution in [0.25, 0.3) is 0 Å². The summed E-state index contributed by atoms with van der Waals surface area (Å²) in [7, 11) is 0. The van der Waals surface area contributed by atoms with Crippen molar-refractivity contribution in [2.75, 3.05) is 5.73 Å². The Hall–Kier alpha value is 0.110. The lowest BCUT2D eigenvalue weighted by Crippen LogP contribution is -2.08. The molecule has 0 amide bonds. The lowest BCUT2D eigenvalue weighted by atomic mass is 10.4. The largest absolute Gasteiger partial charge is 0.396 e. The zero-order valence-corrected chi connectivity index (χ0v) is 8.11. The molecule has 1 aromatic rings. The average molecular weight is 233 g/mol. The van der Waals surface area contributed by atoms with Gasteiger partial charge in [-0.3, -0.25) is 0 Å². The number of H-pyrrole nitrogens is 1. The second-order valence-electron chi connectivity index (χ2n) is 1.79. The highest BCUT2D eigenvalue weighted by molar-refractivity contribution is 6.47. The van der Waals surface area contributed by atoms with Crippen molar-refractivity contribution in [3.8, 4) is 0 Å². The molecular weight excluding hydrogens is 230 g/mol. The van der Waals surface area contributed by atoms with Crippen molar-refractivity contribution in [2.24, 2.45) is 0 Å². The number of aromatic amines is 1. The monoisotopic (exact) mass is 231 g/mol. The molecule has 1 aromatic heterocycles. The second-order valence-corrected chi connectivity index (χ2v) is 3.31. The smallest absolute Gasteiger partial charge is 0.295 e. The van der Waals surface area contributed by atoms with E-state index in [0.29, 0.717) is 0 Å². The third kappa shape index (κ3) is 1.64. The topological polar surface area (TPSA) is 40.2 Å². The van der Waals surface area contributed by atoms with E-state index < -0.39 is 0 Å². The van der Waals surface area contributed by atoms with Crippen LogP contribution in [0.1, 0.15) is 0 Å². The highest BCUT2D eigenvalue weighted by atomic mass is 35.5. The minimum atomic E-state index is 0.179. The van der Waals surface area contributed by atoms with Crippen molar-refractivity contribution in [3.63, 3.8) is 0 Å². The van der Waals surface area contributed by atoms with Gasteiger partial charge in [-0.25, -0.2) is 0 Å². The molecule has 0 aliphatic heterocycles. The molecule has 0 atom stereocenters. The number of rotatable bonds is 0. The van der Waals surface area contributed by atoms with Crippen LogP contribution in [0, 0.1) is 0 Å². The van der Waals surface area contributed by atoms with Gasteiger partial charge >= 0.3 is 0 Å². The maximum Gasteiger partial charge on any atom is 0.295 e. The molecule has 1 heterocycles. The summed E-state index contributed by atoms with van der Waals surface area (Å²) in [6.07, 6.45) is 0. The van der Waals surface area contributed by atoms with Crippen molar-refractivity contribution in [1.82, 2.24) is 0 Å². The van der Waals surface area contributed by atoms with Gasteiger partial charge in [-0.2, -0.15) is 4.98 Å². The second kappa shape index (κ2) is 3.23. The van der Waals surface area contributed by atoms with Crippen LogP contribution in [0.15, 0.2) is 0 Å². The minimum absolute atomic E-state index is 0.179. The fourth-order valence-corrected chi connectivity index (χ4v) is 1.31. The number of hydrogen-bond donors (Lipinski definition) is 1. The lowest BCUT2D eigenvalue weighted by Gasteiger charge is -1.97. The van der Waals surface area contributed by atoms with Crippen LogP contribution in [0.4, 0.5) is 5.69 Å². The van der Waals surface area contributed by atoms with Crippen molar-refractivity contribution in [3.05, 3.63) is 20.4 Å². The van der Waals surface area contributed by atoms with E-state index in [4.69, 9.17) is 52.1 Å². The van der Waals surface area contributed by atoms with Crippen LogP contribution in [0.3, 0.4) is 0 Å². The third-order valence-corrected chi connectivity index (χ3v) is 2.62. The molecule has 60 valence electrons. The predicted molar refractivity (Wildman–Crippen MR) is 47.5 cm³/mol. The lowest BCUT2D eigenvalue weighted by molar-refractivity contribution is -0.372. The Bertz CT molecular complexity index is 273. The van der Waals surface area contributed by atoms with Gasteiger partial charge in [0, 0.05) is 0 Å². The van der Waals surface area contributed by atoms with Crippen molar-refractivity contribution in [1.29, 1.82) is 0 Å². The quantitative estimate of drug-likeness (QED) is 0.687. The fraction of sp³-hybridized carbons (Fsp3) is 0. The average Bonchev–Trinajstić information content (AvgIpc) is 1.97. The van der Waals surface area contributed by atoms with Crippen molar-refractivity contribution >= 4 is 52.1 Å². The van der Waals surface area contributed by atoms with Crippen molar-refractivity contribution < 1.29 is 4.98 Å². The SMILES string of the molecule is Nc1c(Cl)c(Cl)[nH+]c(Cl)c1Cl. The van der Waals surface area contributed by atoms with E-state index in [9.17, 15) is 0 Å². The highest BCUT2D eigenvalue weighted by Crippen LogP contribution is 2.33. The third-order valence-electron chi connectivity index (χ3n) is 1.08. The van der Waals surface area contributed by atoms with Gasteiger partial charge in [0.2, 0.25) is 0 Å². The van der Waals surface area contributed by atoms with Gasteiger partial charge in [-0.15, -0.1) is 0 Å². The summed E-state index contributed by atoms with van der Waals surface area (Å²) in [5.74, 6) is 0. The molecule has 0 saturated heterocycles. The first-order chi connectivity index (χ1) is 5.04. The van der Waals surface area contributed by atoms with Gasteiger partial charge < -0.3 is 5.73 Å².